The third-order valence-corrected chi connectivity index (χ3v) is 3.31. The number of pyridine rings is 1. The van der Waals surface area contributed by atoms with E-state index in [2.05, 4.69) is 29.5 Å². The fourth-order valence-electron chi connectivity index (χ4n) is 2.00. The molecule has 0 fully saturated rings. The summed E-state index contributed by atoms with van der Waals surface area (Å²) in [7, 11) is 0. The summed E-state index contributed by atoms with van der Waals surface area (Å²) in [6.45, 7) is 8.84. The molecule has 2 unspecified atom stereocenters. The standard InChI is InChI=1S/C15H25F2N3/c1-5-7-18-14-12(16)9-13(17)15(20-14)19-11(4)8-10(3)6-2/h9-11H,5-8H2,1-4H3,(H2,18,19,20). The zero-order chi connectivity index (χ0) is 15.1. The first-order chi connectivity index (χ1) is 9.47. The van der Waals surface area contributed by atoms with Crippen molar-refractivity contribution in [2.75, 3.05) is 17.2 Å². The number of hydrogen-bond donors (Lipinski definition) is 2. The molecule has 5 heteroatoms. The van der Waals surface area contributed by atoms with Crippen LogP contribution in [-0.2, 0) is 0 Å². The third kappa shape index (κ3) is 4.94. The highest BCUT2D eigenvalue weighted by atomic mass is 19.1. The van der Waals surface area contributed by atoms with Crippen LogP contribution in [0.3, 0.4) is 0 Å². The van der Waals surface area contributed by atoms with E-state index in [9.17, 15) is 8.78 Å². The quantitative estimate of drug-likeness (QED) is 0.742. The Hall–Kier alpha value is -1.39. The lowest BCUT2D eigenvalue weighted by atomic mass is 10.0. The number of hydrogen-bond acceptors (Lipinski definition) is 3. The summed E-state index contributed by atoms with van der Waals surface area (Å²) in [6, 6.07) is 0.972. The molecular weight excluding hydrogens is 260 g/mol. The van der Waals surface area contributed by atoms with Crippen LogP contribution < -0.4 is 10.6 Å². The van der Waals surface area contributed by atoms with Crippen LogP contribution in [0.1, 0.15) is 47.0 Å². The van der Waals surface area contributed by atoms with Gasteiger partial charge in [-0.1, -0.05) is 27.2 Å². The number of rotatable bonds is 8. The molecule has 2 N–H and O–H groups in total. The van der Waals surface area contributed by atoms with Crippen molar-refractivity contribution in [2.24, 2.45) is 5.92 Å². The molecule has 20 heavy (non-hydrogen) atoms. The first kappa shape index (κ1) is 16.7. The molecule has 0 radical (unpaired) electrons. The third-order valence-electron chi connectivity index (χ3n) is 3.31. The second-order valence-electron chi connectivity index (χ2n) is 5.37. The topological polar surface area (TPSA) is 37.0 Å². The van der Waals surface area contributed by atoms with Gasteiger partial charge in [-0.05, 0) is 25.7 Å². The summed E-state index contributed by atoms with van der Waals surface area (Å²) < 4.78 is 27.3. The van der Waals surface area contributed by atoms with Crippen LogP contribution in [0.2, 0.25) is 0 Å². The number of halogens is 2. The molecule has 0 saturated heterocycles. The fourth-order valence-corrected chi connectivity index (χ4v) is 2.00. The summed E-state index contributed by atoms with van der Waals surface area (Å²) in [6.07, 6.45) is 2.85. The van der Waals surface area contributed by atoms with E-state index >= 15 is 0 Å². The Kier molecular flexibility index (Phi) is 6.68. The van der Waals surface area contributed by atoms with Gasteiger partial charge in [0.15, 0.2) is 23.3 Å². The average Bonchev–Trinajstić information content (AvgIpc) is 2.40. The van der Waals surface area contributed by atoms with Gasteiger partial charge in [0, 0.05) is 18.7 Å². The molecule has 0 aliphatic carbocycles. The minimum absolute atomic E-state index is 0.0939. The van der Waals surface area contributed by atoms with Crippen LogP contribution in [0.4, 0.5) is 20.4 Å². The Labute approximate surface area is 120 Å². The van der Waals surface area contributed by atoms with E-state index in [4.69, 9.17) is 0 Å². The lowest BCUT2D eigenvalue weighted by Gasteiger charge is -2.19. The van der Waals surface area contributed by atoms with Gasteiger partial charge in [0.1, 0.15) is 0 Å². The minimum Gasteiger partial charge on any atom is -0.368 e. The van der Waals surface area contributed by atoms with Crippen molar-refractivity contribution in [1.82, 2.24) is 4.98 Å². The van der Waals surface area contributed by atoms with Gasteiger partial charge in [0.2, 0.25) is 0 Å². The van der Waals surface area contributed by atoms with Gasteiger partial charge in [-0.3, -0.25) is 0 Å². The summed E-state index contributed by atoms with van der Waals surface area (Å²) in [5.41, 5.74) is 0. The summed E-state index contributed by atoms with van der Waals surface area (Å²) >= 11 is 0. The van der Waals surface area contributed by atoms with E-state index in [1.54, 1.807) is 0 Å². The van der Waals surface area contributed by atoms with E-state index in [0.717, 1.165) is 25.3 Å². The zero-order valence-corrected chi connectivity index (χ0v) is 12.8. The highest BCUT2D eigenvalue weighted by Crippen LogP contribution is 2.21. The molecule has 1 aromatic heterocycles. The summed E-state index contributed by atoms with van der Waals surface area (Å²) in [4.78, 5) is 4.01. The Balaban J connectivity index is 2.78. The highest BCUT2D eigenvalue weighted by Gasteiger charge is 2.14. The predicted molar refractivity (Wildman–Crippen MR) is 80.1 cm³/mol. The smallest absolute Gasteiger partial charge is 0.168 e. The molecule has 1 aromatic rings. The van der Waals surface area contributed by atoms with Crippen molar-refractivity contribution < 1.29 is 8.78 Å². The van der Waals surface area contributed by atoms with Crippen molar-refractivity contribution in [3.8, 4) is 0 Å². The summed E-state index contributed by atoms with van der Waals surface area (Å²) in [5, 5.41) is 5.89. The molecule has 3 nitrogen and oxygen atoms in total. The van der Waals surface area contributed by atoms with E-state index in [1.165, 1.54) is 0 Å². The molecule has 0 spiro atoms. The SMILES string of the molecule is CCCNc1nc(NC(C)CC(C)CC)c(F)cc1F. The molecule has 1 heterocycles. The van der Waals surface area contributed by atoms with E-state index in [-0.39, 0.29) is 17.7 Å². The van der Waals surface area contributed by atoms with Crippen LogP contribution in [-0.4, -0.2) is 17.6 Å². The van der Waals surface area contributed by atoms with Gasteiger partial charge in [-0.15, -0.1) is 0 Å². The van der Waals surface area contributed by atoms with E-state index < -0.39 is 11.6 Å². The number of anilines is 2. The van der Waals surface area contributed by atoms with Crippen molar-refractivity contribution in [3.63, 3.8) is 0 Å². The number of nitrogens with zero attached hydrogens (tertiary/aromatic N) is 1. The van der Waals surface area contributed by atoms with Crippen LogP contribution in [0, 0.1) is 17.6 Å². The average molecular weight is 285 g/mol. The first-order valence-corrected chi connectivity index (χ1v) is 7.34. The van der Waals surface area contributed by atoms with Crippen LogP contribution in [0.15, 0.2) is 6.07 Å². The molecule has 0 amide bonds. The van der Waals surface area contributed by atoms with Gasteiger partial charge in [0.05, 0.1) is 0 Å². The van der Waals surface area contributed by atoms with Crippen LogP contribution in [0.5, 0.6) is 0 Å². The lowest BCUT2D eigenvalue weighted by Crippen LogP contribution is -2.20. The largest absolute Gasteiger partial charge is 0.368 e. The Morgan fingerprint density at radius 2 is 1.80 bits per heavy atom. The van der Waals surface area contributed by atoms with Crippen molar-refractivity contribution in [3.05, 3.63) is 17.7 Å². The van der Waals surface area contributed by atoms with E-state index in [0.29, 0.717) is 12.5 Å². The molecule has 0 saturated carbocycles. The summed E-state index contributed by atoms with van der Waals surface area (Å²) in [5.74, 6) is -0.539. The minimum atomic E-state index is -0.656. The Bertz CT molecular complexity index is 424. The van der Waals surface area contributed by atoms with Crippen molar-refractivity contribution in [1.29, 1.82) is 0 Å². The molecule has 114 valence electrons. The van der Waals surface area contributed by atoms with Crippen molar-refractivity contribution >= 4 is 11.6 Å². The molecule has 0 aromatic carbocycles. The van der Waals surface area contributed by atoms with Crippen LogP contribution in [0.25, 0.3) is 0 Å². The number of nitrogens with one attached hydrogen (secondary N) is 2. The van der Waals surface area contributed by atoms with Gasteiger partial charge in [-0.25, -0.2) is 13.8 Å². The van der Waals surface area contributed by atoms with Crippen LogP contribution >= 0.6 is 0 Å². The molecule has 1 rings (SSSR count). The Morgan fingerprint density at radius 1 is 1.15 bits per heavy atom. The molecular formula is C15H25F2N3. The maximum absolute atomic E-state index is 13.7. The maximum Gasteiger partial charge on any atom is 0.168 e. The molecule has 0 bridgehead atoms. The molecule has 2 atom stereocenters. The van der Waals surface area contributed by atoms with Crippen molar-refractivity contribution in [2.45, 2.75) is 53.0 Å². The molecule has 0 aliphatic rings. The van der Waals surface area contributed by atoms with Gasteiger partial charge in [-0.2, -0.15) is 0 Å². The first-order valence-electron chi connectivity index (χ1n) is 7.34. The highest BCUT2D eigenvalue weighted by molar-refractivity contribution is 5.47. The Morgan fingerprint density at radius 3 is 2.40 bits per heavy atom. The normalized spacial score (nSPS) is 13.9. The fraction of sp³-hybridized carbons (Fsp3) is 0.667. The number of aromatic nitrogens is 1. The zero-order valence-electron chi connectivity index (χ0n) is 12.8. The van der Waals surface area contributed by atoms with Gasteiger partial charge in [0.25, 0.3) is 0 Å². The van der Waals surface area contributed by atoms with Gasteiger partial charge >= 0.3 is 0 Å². The second-order valence-corrected chi connectivity index (χ2v) is 5.37. The van der Waals surface area contributed by atoms with E-state index in [1.807, 2.05) is 13.8 Å². The monoisotopic (exact) mass is 285 g/mol. The van der Waals surface area contributed by atoms with Gasteiger partial charge < -0.3 is 10.6 Å². The molecule has 0 aliphatic heterocycles. The lowest BCUT2D eigenvalue weighted by molar-refractivity contribution is 0.480. The second kappa shape index (κ2) is 8.02. The predicted octanol–water partition coefficient (Wildman–Crippen LogP) is 4.42. The maximum atomic E-state index is 13.7.